The van der Waals surface area contributed by atoms with Crippen LogP contribution in [0.3, 0.4) is 0 Å². The number of rotatable bonds is 11. The SMILES string of the molecule is c1ccc(N(c2ccccc2)c2ccc(-c3ccc4c(c3)c3cc(-c5ccc(N(c6ccccc6)c6ccccc6)cc5)ccc3n4-c3ccc(-c4ccc(-c5ccc6c(c5)oc5ncccc56)cc4)cc3)cc2)cc1. The summed E-state index contributed by atoms with van der Waals surface area (Å²) in [5.41, 5.74) is 20.8. The second kappa shape index (κ2) is 19.0. The summed E-state index contributed by atoms with van der Waals surface area (Å²) in [5, 5.41) is 4.50. The summed E-state index contributed by atoms with van der Waals surface area (Å²) < 4.78 is 8.53. The van der Waals surface area contributed by atoms with Gasteiger partial charge in [0.15, 0.2) is 0 Å². The van der Waals surface area contributed by atoms with Gasteiger partial charge in [0.2, 0.25) is 5.71 Å². The van der Waals surface area contributed by atoms with Crippen LogP contribution in [-0.2, 0) is 0 Å². The van der Waals surface area contributed by atoms with Crippen LogP contribution in [0.2, 0.25) is 0 Å². The summed E-state index contributed by atoms with van der Waals surface area (Å²) >= 11 is 0. The van der Waals surface area contributed by atoms with Crippen LogP contribution in [-0.4, -0.2) is 9.55 Å². The van der Waals surface area contributed by atoms with Crippen molar-refractivity contribution < 1.29 is 4.42 Å². The number of hydrogen-bond donors (Lipinski definition) is 0. The van der Waals surface area contributed by atoms with Crippen molar-refractivity contribution in [1.29, 1.82) is 0 Å². The van der Waals surface area contributed by atoms with Crippen molar-refractivity contribution in [2.24, 2.45) is 0 Å². The molecule has 0 bridgehead atoms. The Kier molecular flexibility index (Phi) is 11.1. The van der Waals surface area contributed by atoms with E-state index in [1.54, 1.807) is 6.20 Å². The fourth-order valence-corrected chi connectivity index (χ4v) is 10.9. The normalized spacial score (nSPS) is 11.4. The predicted molar refractivity (Wildman–Crippen MR) is 317 cm³/mol. The number of pyridine rings is 1. The minimum absolute atomic E-state index is 0.664. The van der Waals surface area contributed by atoms with Crippen LogP contribution in [0.5, 0.6) is 0 Å². The zero-order chi connectivity index (χ0) is 50.4. The summed E-state index contributed by atoms with van der Waals surface area (Å²) in [6, 6.07) is 102. The molecule has 0 aliphatic carbocycles. The molecule has 0 spiro atoms. The Hall–Kier alpha value is -10.2. The quantitative estimate of drug-likeness (QED) is 0.129. The molecule has 0 aliphatic heterocycles. The fraction of sp³-hybridized carbons (Fsp3) is 0. The average molecular weight is 973 g/mol. The van der Waals surface area contributed by atoms with Gasteiger partial charge in [-0.2, -0.15) is 0 Å². The van der Waals surface area contributed by atoms with Crippen molar-refractivity contribution in [3.8, 4) is 50.2 Å². The molecule has 0 amide bonds. The third-order valence-corrected chi connectivity index (χ3v) is 14.7. The topological polar surface area (TPSA) is 37.4 Å². The van der Waals surface area contributed by atoms with Crippen molar-refractivity contribution in [1.82, 2.24) is 9.55 Å². The van der Waals surface area contributed by atoms with Gasteiger partial charge in [0.05, 0.1) is 11.0 Å². The van der Waals surface area contributed by atoms with E-state index in [-0.39, 0.29) is 0 Å². The standard InChI is InChI=1S/C71H48N4O/c1-5-14-57(15-6-1)73(58-16-7-2-8-17-58)61-36-29-52(30-37-61)54-34-43-68-66(46-54)67-47-55(53-31-38-62(39-32-53)74(59-18-9-3-10-19-59)60-20-11-4-12-21-60)35-44-69(67)75(68)63-40-27-50(28-41-63)49-23-25-51(26-24-49)56-33-42-64-65-22-13-45-72-71(65)76-70(64)48-56/h1-48H. The number of nitrogens with zero attached hydrogens (tertiary/aromatic N) is 4. The van der Waals surface area contributed by atoms with Gasteiger partial charge in [-0.15, -0.1) is 0 Å². The first kappa shape index (κ1) is 44.5. The second-order valence-electron chi connectivity index (χ2n) is 19.2. The third-order valence-electron chi connectivity index (χ3n) is 14.7. The number of fused-ring (bicyclic) bond motifs is 6. The number of hydrogen-bond acceptors (Lipinski definition) is 4. The highest BCUT2D eigenvalue weighted by molar-refractivity contribution is 6.12. The first-order valence-corrected chi connectivity index (χ1v) is 25.8. The van der Waals surface area contributed by atoms with Gasteiger partial charge in [0.25, 0.3) is 0 Å². The molecule has 0 N–H and O–H groups in total. The lowest BCUT2D eigenvalue weighted by Gasteiger charge is -2.25. The molecule has 0 unspecified atom stereocenters. The van der Waals surface area contributed by atoms with E-state index in [0.717, 1.165) is 112 Å². The lowest BCUT2D eigenvalue weighted by atomic mass is 9.99. The summed E-state index contributed by atoms with van der Waals surface area (Å²) in [5.74, 6) is 0. The maximum Gasteiger partial charge on any atom is 0.227 e. The van der Waals surface area contributed by atoms with E-state index in [9.17, 15) is 0 Å². The second-order valence-corrected chi connectivity index (χ2v) is 19.2. The van der Waals surface area contributed by atoms with Gasteiger partial charge in [0.1, 0.15) is 5.58 Å². The molecule has 11 aromatic carbocycles. The predicted octanol–water partition coefficient (Wildman–Crippen LogP) is 19.7. The van der Waals surface area contributed by atoms with E-state index in [1.165, 1.54) is 10.8 Å². The number of anilines is 6. The molecule has 0 atom stereocenters. The van der Waals surface area contributed by atoms with Gasteiger partial charge in [-0.3, -0.25) is 0 Å². The number of furan rings is 1. The van der Waals surface area contributed by atoms with E-state index in [2.05, 4.69) is 298 Å². The zero-order valence-corrected chi connectivity index (χ0v) is 41.4. The van der Waals surface area contributed by atoms with Crippen LogP contribution in [0, 0.1) is 0 Å². The molecule has 3 aromatic heterocycles. The lowest BCUT2D eigenvalue weighted by molar-refractivity contribution is 0.654. The maximum atomic E-state index is 6.11. The molecule has 3 heterocycles. The Morgan fingerprint density at radius 2 is 0.632 bits per heavy atom. The molecule has 0 aliphatic rings. The molecule has 5 heteroatoms. The highest BCUT2D eigenvalue weighted by atomic mass is 16.3. The van der Waals surface area contributed by atoms with Gasteiger partial charge in [-0.1, -0.05) is 152 Å². The number of para-hydroxylation sites is 4. The van der Waals surface area contributed by atoms with Crippen molar-refractivity contribution >= 4 is 78.0 Å². The van der Waals surface area contributed by atoms with Gasteiger partial charge in [-0.05, 0) is 178 Å². The van der Waals surface area contributed by atoms with E-state index in [1.807, 2.05) is 6.07 Å². The van der Waals surface area contributed by atoms with Crippen LogP contribution in [0.4, 0.5) is 34.1 Å². The Morgan fingerprint density at radius 3 is 1.08 bits per heavy atom. The molecule has 0 saturated heterocycles. The first-order valence-electron chi connectivity index (χ1n) is 25.8. The molecule has 0 saturated carbocycles. The van der Waals surface area contributed by atoms with Crippen LogP contribution >= 0.6 is 0 Å². The van der Waals surface area contributed by atoms with E-state index < -0.39 is 0 Å². The van der Waals surface area contributed by atoms with E-state index in [0.29, 0.717) is 5.71 Å². The molecule has 76 heavy (non-hydrogen) atoms. The lowest BCUT2D eigenvalue weighted by Crippen LogP contribution is -2.09. The van der Waals surface area contributed by atoms with Gasteiger partial charge < -0.3 is 18.8 Å². The fourth-order valence-electron chi connectivity index (χ4n) is 10.9. The summed E-state index contributed by atoms with van der Waals surface area (Å²) in [6.45, 7) is 0. The van der Waals surface area contributed by atoms with Crippen molar-refractivity contribution in [2.75, 3.05) is 9.80 Å². The summed E-state index contributed by atoms with van der Waals surface area (Å²) in [6.07, 6.45) is 1.77. The molecular formula is C71H48N4O. The monoisotopic (exact) mass is 972 g/mol. The van der Waals surface area contributed by atoms with Gasteiger partial charge in [-0.25, -0.2) is 4.98 Å². The largest absolute Gasteiger partial charge is 0.438 e. The van der Waals surface area contributed by atoms with Crippen LogP contribution in [0.25, 0.3) is 94.1 Å². The summed E-state index contributed by atoms with van der Waals surface area (Å²) in [7, 11) is 0. The van der Waals surface area contributed by atoms with Crippen molar-refractivity contribution in [3.05, 3.63) is 291 Å². The zero-order valence-electron chi connectivity index (χ0n) is 41.4. The summed E-state index contributed by atoms with van der Waals surface area (Å²) in [4.78, 5) is 9.03. The number of benzene rings is 11. The Bertz CT molecular complexity index is 4080. The Balaban J connectivity index is 0.828. The van der Waals surface area contributed by atoms with Crippen LogP contribution in [0.15, 0.2) is 296 Å². The van der Waals surface area contributed by atoms with Crippen LogP contribution in [0.1, 0.15) is 0 Å². The molecule has 5 nitrogen and oxygen atoms in total. The van der Waals surface area contributed by atoms with Gasteiger partial charge in [0, 0.05) is 67.6 Å². The van der Waals surface area contributed by atoms with Crippen molar-refractivity contribution in [3.63, 3.8) is 0 Å². The maximum absolute atomic E-state index is 6.11. The highest BCUT2D eigenvalue weighted by Crippen LogP contribution is 2.41. The molecule has 14 aromatic rings. The first-order chi connectivity index (χ1) is 37.7. The molecular weight excluding hydrogens is 925 g/mol. The number of aromatic nitrogens is 2. The third kappa shape index (κ3) is 8.13. The minimum atomic E-state index is 0.664. The average Bonchev–Trinajstić information content (AvgIpc) is 4.04. The highest BCUT2D eigenvalue weighted by Gasteiger charge is 2.18. The smallest absolute Gasteiger partial charge is 0.227 e. The Morgan fingerprint density at radius 1 is 0.276 bits per heavy atom. The molecule has 358 valence electrons. The molecule has 0 radical (unpaired) electrons. The van der Waals surface area contributed by atoms with Gasteiger partial charge >= 0.3 is 0 Å². The van der Waals surface area contributed by atoms with Crippen LogP contribution < -0.4 is 9.80 Å². The molecule has 14 rings (SSSR count). The van der Waals surface area contributed by atoms with E-state index >= 15 is 0 Å². The van der Waals surface area contributed by atoms with Crippen molar-refractivity contribution in [2.45, 2.75) is 0 Å². The Labute approximate surface area is 441 Å². The van der Waals surface area contributed by atoms with E-state index in [4.69, 9.17) is 4.42 Å². The molecule has 0 fully saturated rings. The minimum Gasteiger partial charge on any atom is -0.438 e.